The van der Waals surface area contributed by atoms with Gasteiger partial charge in [0.1, 0.15) is 0 Å². The van der Waals surface area contributed by atoms with Gasteiger partial charge in [0, 0.05) is 12.1 Å². The highest BCUT2D eigenvalue weighted by atomic mass is 16.2. The van der Waals surface area contributed by atoms with Gasteiger partial charge in [-0.2, -0.15) is 0 Å². The van der Waals surface area contributed by atoms with E-state index in [9.17, 15) is 4.79 Å². The second-order valence-electron chi connectivity index (χ2n) is 6.23. The molecular weight excluding hydrogens is 214 g/mol. The third kappa shape index (κ3) is 4.94. The van der Waals surface area contributed by atoms with E-state index in [1.807, 2.05) is 20.8 Å². The largest absolute Gasteiger partial charge is 0.334 e. The molecule has 1 aliphatic rings. The third-order valence-electron chi connectivity index (χ3n) is 3.32. The molecule has 1 rings (SSSR count). The smallest absolute Gasteiger partial charge is 0.315 e. The molecule has 100 valence electrons. The standard InChI is InChI=1S/C13H27N3O/c1-12(2,3)15-11(17)16-13(10-14)8-6-4-5-7-9-13/h4-10,14H2,1-3H3,(H2,15,16,17). The van der Waals surface area contributed by atoms with Gasteiger partial charge >= 0.3 is 6.03 Å². The molecule has 2 amide bonds. The Morgan fingerprint density at radius 1 is 1.18 bits per heavy atom. The van der Waals surface area contributed by atoms with Crippen LogP contribution >= 0.6 is 0 Å². The lowest BCUT2D eigenvalue weighted by Gasteiger charge is -2.34. The van der Waals surface area contributed by atoms with Gasteiger partial charge < -0.3 is 16.4 Å². The van der Waals surface area contributed by atoms with Crippen molar-refractivity contribution in [1.29, 1.82) is 0 Å². The molecule has 0 radical (unpaired) electrons. The van der Waals surface area contributed by atoms with Crippen LogP contribution in [0.15, 0.2) is 0 Å². The van der Waals surface area contributed by atoms with E-state index in [0.29, 0.717) is 6.54 Å². The van der Waals surface area contributed by atoms with Gasteiger partial charge in [-0.25, -0.2) is 4.79 Å². The molecule has 0 atom stereocenters. The normalized spacial score (nSPS) is 20.5. The monoisotopic (exact) mass is 241 g/mol. The van der Waals surface area contributed by atoms with Gasteiger partial charge in [0.15, 0.2) is 0 Å². The van der Waals surface area contributed by atoms with Crippen LogP contribution in [0, 0.1) is 0 Å². The summed E-state index contributed by atoms with van der Waals surface area (Å²) in [5.41, 5.74) is 5.48. The summed E-state index contributed by atoms with van der Waals surface area (Å²) in [6.45, 7) is 6.48. The lowest BCUT2D eigenvalue weighted by atomic mass is 9.90. The van der Waals surface area contributed by atoms with Crippen LogP contribution in [0.25, 0.3) is 0 Å². The summed E-state index contributed by atoms with van der Waals surface area (Å²) in [6.07, 6.45) is 6.83. The first-order valence-electron chi connectivity index (χ1n) is 6.67. The summed E-state index contributed by atoms with van der Waals surface area (Å²) in [5.74, 6) is 0. The average Bonchev–Trinajstić information content (AvgIpc) is 2.41. The fourth-order valence-electron chi connectivity index (χ4n) is 2.40. The van der Waals surface area contributed by atoms with Crippen molar-refractivity contribution in [2.75, 3.05) is 6.54 Å². The molecule has 0 aromatic heterocycles. The van der Waals surface area contributed by atoms with Crippen LogP contribution in [-0.4, -0.2) is 23.7 Å². The van der Waals surface area contributed by atoms with Gasteiger partial charge in [-0.15, -0.1) is 0 Å². The Morgan fingerprint density at radius 3 is 2.12 bits per heavy atom. The topological polar surface area (TPSA) is 67.2 Å². The van der Waals surface area contributed by atoms with Crippen molar-refractivity contribution in [3.05, 3.63) is 0 Å². The summed E-state index contributed by atoms with van der Waals surface area (Å²) in [4.78, 5) is 11.9. The van der Waals surface area contributed by atoms with Crippen LogP contribution in [0.1, 0.15) is 59.3 Å². The van der Waals surface area contributed by atoms with Gasteiger partial charge in [0.2, 0.25) is 0 Å². The summed E-state index contributed by atoms with van der Waals surface area (Å²) in [7, 11) is 0. The van der Waals surface area contributed by atoms with Gasteiger partial charge in [0.05, 0.1) is 5.54 Å². The van der Waals surface area contributed by atoms with Crippen molar-refractivity contribution in [3.63, 3.8) is 0 Å². The van der Waals surface area contributed by atoms with Crippen LogP contribution in [0.2, 0.25) is 0 Å². The Kier molecular flexibility index (Phi) is 4.80. The van der Waals surface area contributed by atoms with E-state index < -0.39 is 0 Å². The van der Waals surface area contributed by atoms with Gasteiger partial charge in [-0.05, 0) is 33.6 Å². The molecule has 0 unspecified atom stereocenters. The highest BCUT2D eigenvalue weighted by Crippen LogP contribution is 2.26. The number of nitrogens with one attached hydrogen (secondary N) is 2. The Hall–Kier alpha value is -0.770. The summed E-state index contributed by atoms with van der Waals surface area (Å²) in [6, 6.07) is -0.0927. The minimum Gasteiger partial charge on any atom is -0.334 e. The number of nitrogens with two attached hydrogens (primary N) is 1. The first-order valence-corrected chi connectivity index (χ1v) is 6.67. The lowest BCUT2D eigenvalue weighted by molar-refractivity contribution is 0.210. The van der Waals surface area contributed by atoms with Crippen molar-refractivity contribution < 1.29 is 4.79 Å². The number of amides is 2. The molecule has 0 aromatic carbocycles. The summed E-state index contributed by atoms with van der Waals surface area (Å²) in [5, 5.41) is 6.04. The molecular formula is C13H27N3O. The van der Waals surface area contributed by atoms with Crippen molar-refractivity contribution in [3.8, 4) is 0 Å². The maximum Gasteiger partial charge on any atom is 0.315 e. The van der Waals surface area contributed by atoms with Crippen LogP contribution in [0.3, 0.4) is 0 Å². The fraction of sp³-hybridized carbons (Fsp3) is 0.923. The van der Waals surface area contributed by atoms with E-state index in [4.69, 9.17) is 5.73 Å². The summed E-state index contributed by atoms with van der Waals surface area (Å²) < 4.78 is 0. The molecule has 0 bridgehead atoms. The zero-order valence-corrected chi connectivity index (χ0v) is 11.4. The zero-order valence-electron chi connectivity index (χ0n) is 11.4. The van der Waals surface area contributed by atoms with E-state index in [2.05, 4.69) is 10.6 Å². The molecule has 0 spiro atoms. The maximum absolute atomic E-state index is 11.9. The minimum atomic E-state index is -0.204. The van der Waals surface area contributed by atoms with E-state index >= 15 is 0 Å². The molecule has 0 saturated heterocycles. The quantitative estimate of drug-likeness (QED) is 0.648. The van der Waals surface area contributed by atoms with E-state index in [1.165, 1.54) is 12.8 Å². The molecule has 4 N–H and O–H groups in total. The van der Waals surface area contributed by atoms with Crippen molar-refractivity contribution in [2.24, 2.45) is 5.73 Å². The Labute approximate surface area is 105 Å². The number of hydrogen-bond acceptors (Lipinski definition) is 2. The molecule has 1 saturated carbocycles. The van der Waals surface area contributed by atoms with E-state index in [1.54, 1.807) is 0 Å². The zero-order chi connectivity index (χ0) is 12.9. The summed E-state index contributed by atoms with van der Waals surface area (Å²) >= 11 is 0. The Balaban J connectivity index is 2.58. The Bertz CT molecular complexity index is 250. The second kappa shape index (κ2) is 5.71. The van der Waals surface area contributed by atoms with Crippen LogP contribution in [-0.2, 0) is 0 Å². The number of urea groups is 1. The molecule has 4 nitrogen and oxygen atoms in total. The highest BCUT2D eigenvalue weighted by molar-refractivity contribution is 5.75. The number of hydrogen-bond donors (Lipinski definition) is 3. The SMILES string of the molecule is CC(C)(C)NC(=O)NC1(CN)CCCCCC1. The molecule has 1 aliphatic carbocycles. The van der Waals surface area contributed by atoms with E-state index in [0.717, 1.165) is 25.7 Å². The lowest BCUT2D eigenvalue weighted by Crippen LogP contribution is -2.58. The number of carbonyl (C=O) groups excluding carboxylic acids is 1. The maximum atomic E-state index is 11.9. The van der Waals surface area contributed by atoms with Gasteiger partial charge in [0.25, 0.3) is 0 Å². The van der Waals surface area contributed by atoms with Crippen LogP contribution < -0.4 is 16.4 Å². The van der Waals surface area contributed by atoms with E-state index in [-0.39, 0.29) is 17.1 Å². The van der Waals surface area contributed by atoms with Gasteiger partial charge in [-0.3, -0.25) is 0 Å². The van der Waals surface area contributed by atoms with Crippen molar-refractivity contribution in [1.82, 2.24) is 10.6 Å². The van der Waals surface area contributed by atoms with Crippen LogP contribution in [0.4, 0.5) is 4.79 Å². The molecule has 4 heteroatoms. The van der Waals surface area contributed by atoms with Crippen molar-refractivity contribution >= 4 is 6.03 Å². The first kappa shape index (κ1) is 14.3. The predicted octanol–water partition coefficient (Wildman–Crippen LogP) is 2.14. The second-order valence-corrected chi connectivity index (χ2v) is 6.23. The molecule has 17 heavy (non-hydrogen) atoms. The Morgan fingerprint density at radius 2 is 1.71 bits per heavy atom. The number of rotatable bonds is 2. The van der Waals surface area contributed by atoms with Crippen molar-refractivity contribution in [2.45, 2.75) is 70.4 Å². The molecule has 0 aromatic rings. The molecule has 0 aliphatic heterocycles. The number of carbonyl (C=O) groups is 1. The fourth-order valence-corrected chi connectivity index (χ4v) is 2.40. The highest BCUT2D eigenvalue weighted by Gasteiger charge is 2.31. The minimum absolute atomic E-state index is 0.0927. The first-order chi connectivity index (χ1) is 7.87. The predicted molar refractivity (Wildman–Crippen MR) is 70.9 cm³/mol. The van der Waals surface area contributed by atoms with Gasteiger partial charge in [-0.1, -0.05) is 25.7 Å². The van der Waals surface area contributed by atoms with Crippen LogP contribution in [0.5, 0.6) is 0 Å². The third-order valence-corrected chi connectivity index (χ3v) is 3.32. The average molecular weight is 241 g/mol. The molecule has 0 heterocycles. The molecule has 1 fully saturated rings.